The van der Waals surface area contributed by atoms with Crippen molar-refractivity contribution in [2.75, 3.05) is 19.8 Å². The molecule has 1 saturated heterocycles. The second-order valence-electron chi connectivity index (χ2n) is 6.84. The lowest BCUT2D eigenvalue weighted by atomic mass is 9.90. The third-order valence-corrected chi connectivity index (χ3v) is 5.42. The second-order valence-corrected chi connectivity index (χ2v) is 7.28. The van der Waals surface area contributed by atoms with Crippen molar-refractivity contribution < 1.29 is 19.1 Å². The number of aromatic amines is 1. The van der Waals surface area contributed by atoms with Gasteiger partial charge < -0.3 is 19.4 Å². The average Bonchev–Trinajstić information content (AvgIpc) is 3.08. The number of carbonyl (C=O) groups excluding carboxylic acids is 2. The number of H-pyrrole nitrogens is 1. The van der Waals surface area contributed by atoms with Gasteiger partial charge in [0, 0.05) is 22.5 Å². The highest BCUT2D eigenvalue weighted by atomic mass is 35.5. The third-order valence-electron chi connectivity index (χ3n) is 5.18. The van der Waals surface area contributed by atoms with Crippen molar-refractivity contribution in [2.45, 2.75) is 37.8 Å². The summed E-state index contributed by atoms with van der Waals surface area (Å²) in [5.74, 6) is -0.697. The van der Waals surface area contributed by atoms with E-state index < -0.39 is 5.97 Å². The monoisotopic (exact) mass is 376 g/mol. The maximum absolute atomic E-state index is 12.6. The summed E-state index contributed by atoms with van der Waals surface area (Å²) >= 11 is 5.96. The number of nitrogens with one attached hydrogen (secondary N) is 1. The van der Waals surface area contributed by atoms with E-state index in [9.17, 15) is 9.59 Å². The standard InChI is InChI=1S/C19H21ClN2O4/c20-13-5-6-14-12(9-13)10-15(21-14)19(24)26-11-18(23)22-7-8-25-17-4-2-1-3-16(17)22/h5-6,9-10,16-17,21H,1-4,7-8,11H2/t16-,17-/m1/s1. The molecule has 2 aliphatic rings. The smallest absolute Gasteiger partial charge is 0.355 e. The summed E-state index contributed by atoms with van der Waals surface area (Å²) in [6, 6.07) is 7.11. The molecule has 2 aromatic rings. The van der Waals surface area contributed by atoms with Crippen LogP contribution in [-0.4, -0.2) is 53.7 Å². The topological polar surface area (TPSA) is 71.6 Å². The molecule has 0 bridgehead atoms. The molecule has 1 aliphatic heterocycles. The molecule has 0 unspecified atom stereocenters. The molecule has 2 heterocycles. The van der Waals surface area contributed by atoms with Crippen molar-refractivity contribution >= 4 is 34.4 Å². The van der Waals surface area contributed by atoms with E-state index in [4.69, 9.17) is 21.1 Å². The van der Waals surface area contributed by atoms with E-state index >= 15 is 0 Å². The molecule has 0 radical (unpaired) electrons. The largest absolute Gasteiger partial charge is 0.451 e. The van der Waals surface area contributed by atoms with Crippen LogP contribution in [0.1, 0.15) is 36.2 Å². The van der Waals surface area contributed by atoms with E-state index in [2.05, 4.69) is 4.98 Å². The first-order valence-corrected chi connectivity index (χ1v) is 9.36. The number of hydrogen-bond acceptors (Lipinski definition) is 4. The Bertz CT molecular complexity index is 832. The van der Waals surface area contributed by atoms with E-state index in [1.54, 1.807) is 24.3 Å². The van der Waals surface area contributed by atoms with Crippen LogP contribution in [0.25, 0.3) is 10.9 Å². The maximum Gasteiger partial charge on any atom is 0.355 e. The zero-order valence-electron chi connectivity index (χ0n) is 14.4. The fraction of sp³-hybridized carbons (Fsp3) is 0.474. The van der Waals surface area contributed by atoms with Gasteiger partial charge in [-0.1, -0.05) is 24.4 Å². The predicted molar refractivity (Wildman–Crippen MR) is 97.3 cm³/mol. The SMILES string of the molecule is O=C(OCC(=O)N1CCO[C@@H]2CCCC[C@H]21)c1cc2cc(Cl)ccc2[nH]1. The minimum atomic E-state index is -0.542. The van der Waals surface area contributed by atoms with Gasteiger partial charge in [0.05, 0.1) is 18.8 Å². The molecule has 2 atom stereocenters. The van der Waals surface area contributed by atoms with Gasteiger partial charge >= 0.3 is 5.97 Å². The number of ether oxygens (including phenoxy) is 2. The van der Waals surface area contributed by atoms with Crippen LogP contribution in [0, 0.1) is 0 Å². The first kappa shape index (κ1) is 17.4. The Morgan fingerprint density at radius 2 is 2.12 bits per heavy atom. The summed E-state index contributed by atoms with van der Waals surface area (Å²) in [5, 5.41) is 1.43. The molecule has 26 heavy (non-hydrogen) atoms. The van der Waals surface area contributed by atoms with Crippen molar-refractivity contribution in [3.63, 3.8) is 0 Å². The normalized spacial score (nSPS) is 22.9. The summed E-state index contributed by atoms with van der Waals surface area (Å²) in [7, 11) is 0. The number of amides is 1. The molecule has 0 spiro atoms. The van der Waals surface area contributed by atoms with Gasteiger partial charge in [0.25, 0.3) is 5.91 Å². The van der Waals surface area contributed by atoms with Crippen LogP contribution in [-0.2, 0) is 14.3 Å². The van der Waals surface area contributed by atoms with Crippen molar-refractivity contribution in [2.24, 2.45) is 0 Å². The number of morpholine rings is 1. The molecule has 1 aromatic heterocycles. The van der Waals surface area contributed by atoms with Crippen LogP contribution < -0.4 is 0 Å². The van der Waals surface area contributed by atoms with Crippen LogP contribution in [0.3, 0.4) is 0 Å². The van der Waals surface area contributed by atoms with E-state index in [0.29, 0.717) is 23.9 Å². The Morgan fingerprint density at radius 1 is 1.27 bits per heavy atom. The van der Waals surface area contributed by atoms with Crippen LogP contribution in [0.15, 0.2) is 24.3 Å². The zero-order valence-corrected chi connectivity index (χ0v) is 15.1. The van der Waals surface area contributed by atoms with Crippen LogP contribution >= 0.6 is 11.6 Å². The summed E-state index contributed by atoms with van der Waals surface area (Å²) in [5.41, 5.74) is 1.11. The molecule has 6 nitrogen and oxygen atoms in total. The summed E-state index contributed by atoms with van der Waals surface area (Å²) in [4.78, 5) is 29.7. The number of benzene rings is 1. The van der Waals surface area contributed by atoms with Gasteiger partial charge in [0.2, 0.25) is 0 Å². The number of rotatable bonds is 3. The Hall–Kier alpha value is -2.05. The Balaban J connectivity index is 1.39. The number of hydrogen-bond donors (Lipinski definition) is 1. The van der Waals surface area contributed by atoms with Crippen LogP contribution in [0.4, 0.5) is 0 Å². The van der Waals surface area contributed by atoms with Gasteiger partial charge in [-0.15, -0.1) is 0 Å². The molecule has 1 N–H and O–H groups in total. The highest BCUT2D eigenvalue weighted by Crippen LogP contribution is 2.28. The van der Waals surface area contributed by atoms with E-state index in [0.717, 1.165) is 36.6 Å². The number of fused-ring (bicyclic) bond motifs is 2. The molecule has 138 valence electrons. The molecular formula is C19H21ClN2O4. The van der Waals surface area contributed by atoms with Gasteiger partial charge in [-0.2, -0.15) is 0 Å². The molecule has 1 aliphatic carbocycles. The summed E-state index contributed by atoms with van der Waals surface area (Å²) in [6.07, 6.45) is 4.31. The van der Waals surface area contributed by atoms with E-state index in [-0.39, 0.29) is 24.7 Å². The number of aromatic nitrogens is 1. The molecule has 7 heteroatoms. The quantitative estimate of drug-likeness (QED) is 0.835. The number of esters is 1. The van der Waals surface area contributed by atoms with Crippen LogP contribution in [0.5, 0.6) is 0 Å². The minimum Gasteiger partial charge on any atom is -0.451 e. The maximum atomic E-state index is 12.6. The minimum absolute atomic E-state index is 0.110. The van der Waals surface area contributed by atoms with Gasteiger partial charge in [0.1, 0.15) is 5.69 Å². The number of nitrogens with zero attached hydrogens (tertiary/aromatic N) is 1. The first-order valence-electron chi connectivity index (χ1n) is 8.98. The lowest BCUT2D eigenvalue weighted by molar-refractivity contribution is -0.152. The van der Waals surface area contributed by atoms with Crippen molar-refractivity contribution in [3.8, 4) is 0 Å². The molecule has 1 amide bonds. The molecule has 1 aromatic carbocycles. The highest BCUT2D eigenvalue weighted by Gasteiger charge is 2.36. The highest BCUT2D eigenvalue weighted by molar-refractivity contribution is 6.31. The van der Waals surface area contributed by atoms with E-state index in [1.165, 1.54) is 0 Å². The molecule has 1 saturated carbocycles. The van der Waals surface area contributed by atoms with Crippen molar-refractivity contribution in [1.82, 2.24) is 9.88 Å². The predicted octanol–water partition coefficient (Wildman–Crippen LogP) is 3.15. The van der Waals surface area contributed by atoms with Gasteiger partial charge in [-0.3, -0.25) is 4.79 Å². The van der Waals surface area contributed by atoms with Gasteiger partial charge in [-0.25, -0.2) is 4.79 Å². The third kappa shape index (κ3) is 3.44. The van der Waals surface area contributed by atoms with Crippen molar-refractivity contribution in [3.05, 3.63) is 35.0 Å². The zero-order chi connectivity index (χ0) is 18.1. The lowest BCUT2D eigenvalue weighted by Crippen LogP contribution is -2.55. The Labute approximate surface area is 156 Å². The average molecular weight is 377 g/mol. The van der Waals surface area contributed by atoms with E-state index in [1.807, 2.05) is 4.90 Å². The molecule has 2 fully saturated rings. The fourth-order valence-electron chi connectivity index (χ4n) is 3.91. The Morgan fingerprint density at radius 3 is 3.00 bits per heavy atom. The fourth-order valence-corrected chi connectivity index (χ4v) is 4.09. The Kier molecular flexibility index (Phi) is 4.87. The van der Waals surface area contributed by atoms with Gasteiger partial charge in [-0.05, 0) is 37.1 Å². The number of carbonyl (C=O) groups is 2. The summed E-state index contributed by atoms with van der Waals surface area (Å²) in [6.45, 7) is 0.851. The molecule has 4 rings (SSSR count). The lowest BCUT2D eigenvalue weighted by Gasteiger charge is -2.43. The first-order chi connectivity index (χ1) is 12.6. The van der Waals surface area contributed by atoms with Crippen molar-refractivity contribution in [1.29, 1.82) is 0 Å². The summed E-state index contributed by atoms with van der Waals surface area (Å²) < 4.78 is 11.0. The van der Waals surface area contributed by atoms with Gasteiger partial charge in [0.15, 0.2) is 6.61 Å². The molecular weight excluding hydrogens is 356 g/mol. The number of halogens is 1. The van der Waals surface area contributed by atoms with Crippen LogP contribution in [0.2, 0.25) is 5.02 Å². The second kappa shape index (κ2) is 7.29.